The molecule has 0 radical (unpaired) electrons. The van der Waals surface area contributed by atoms with E-state index in [9.17, 15) is 23.2 Å². The van der Waals surface area contributed by atoms with E-state index in [4.69, 9.17) is 4.74 Å². The van der Waals surface area contributed by atoms with Gasteiger partial charge in [-0.1, -0.05) is 12.1 Å². The topological polar surface area (TPSA) is 91.9 Å². The summed E-state index contributed by atoms with van der Waals surface area (Å²) >= 11 is 0. The molecule has 0 spiro atoms. The van der Waals surface area contributed by atoms with Crippen LogP contribution in [0.1, 0.15) is 49.4 Å². The minimum absolute atomic E-state index is 0.0753. The third kappa shape index (κ3) is 5.57. The van der Waals surface area contributed by atoms with Crippen molar-refractivity contribution in [2.75, 3.05) is 39.3 Å². The van der Waals surface area contributed by atoms with Crippen LogP contribution >= 0.6 is 0 Å². The van der Waals surface area contributed by atoms with Crippen molar-refractivity contribution >= 4 is 17.7 Å². The Bertz CT molecular complexity index is 1030. The second-order valence-electron chi connectivity index (χ2n) is 7.71. The molecule has 10 heteroatoms. The molecule has 1 amide bonds. The fraction of sp³-hybridized carbons (Fsp3) is 0.435. The summed E-state index contributed by atoms with van der Waals surface area (Å²) in [5.41, 5.74) is 1.95. The number of carbonyl (C=O) groups is 3. The highest BCUT2D eigenvalue weighted by atomic mass is 19.3. The number of para-hydroxylation sites is 1. The third-order valence-electron chi connectivity index (χ3n) is 5.56. The van der Waals surface area contributed by atoms with Gasteiger partial charge in [-0.2, -0.15) is 8.78 Å². The molecule has 1 aromatic carbocycles. The summed E-state index contributed by atoms with van der Waals surface area (Å²) in [6.45, 7) is 4.05. The number of halogens is 2. The molecule has 2 heterocycles. The van der Waals surface area contributed by atoms with E-state index < -0.39 is 18.5 Å². The van der Waals surface area contributed by atoms with Gasteiger partial charge in [0.2, 0.25) is 0 Å². The molecule has 0 atom stereocenters. The summed E-state index contributed by atoms with van der Waals surface area (Å²) in [4.78, 5) is 44.3. The molecule has 1 saturated heterocycles. The number of aryl methyl sites for hydroxylation is 1. The molecule has 178 valence electrons. The number of aromatic amines is 1. The second-order valence-corrected chi connectivity index (χ2v) is 7.71. The normalized spacial score (nSPS) is 14.4. The molecule has 0 aliphatic carbocycles. The van der Waals surface area contributed by atoms with E-state index in [2.05, 4.69) is 9.72 Å². The van der Waals surface area contributed by atoms with Gasteiger partial charge in [0.15, 0.2) is 5.78 Å². The molecule has 2 aromatic rings. The maximum atomic E-state index is 12.9. The number of carbonyl (C=O) groups excluding carboxylic acids is 3. The maximum absolute atomic E-state index is 12.9. The minimum Gasteiger partial charge on any atom is -0.462 e. The van der Waals surface area contributed by atoms with Crippen molar-refractivity contribution in [3.8, 4) is 5.75 Å². The standard InChI is InChI=1S/C23H27F2N3O5/c1-4-32-22(31)19-14(2)20(26-15(19)3)17(29)13-27-9-11-28(12-10-27)21(30)16-7-5-6-8-18(16)33-23(24)25/h5-8,23,26H,4,9-13H2,1-3H3. The second kappa shape index (κ2) is 10.6. The Morgan fingerprint density at radius 3 is 2.39 bits per heavy atom. The lowest BCUT2D eigenvalue weighted by Crippen LogP contribution is -2.50. The first-order valence-electron chi connectivity index (χ1n) is 10.7. The van der Waals surface area contributed by atoms with Gasteiger partial charge in [-0.25, -0.2) is 4.79 Å². The zero-order valence-corrected chi connectivity index (χ0v) is 18.8. The molecule has 3 rings (SSSR count). The van der Waals surface area contributed by atoms with E-state index in [0.717, 1.165) is 0 Å². The highest BCUT2D eigenvalue weighted by molar-refractivity contribution is 6.02. The Labute approximate surface area is 190 Å². The molecule has 1 aromatic heterocycles. The quantitative estimate of drug-likeness (QED) is 0.478. The van der Waals surface area contributed by atoms with Gasteiger partial charge >= 0.3 is 12.6 Å². The van der Waals surface area contributed by atoms with Gasteiger partial charge in [0.1, 0.15) is 5.75 Å². The van der Waals surface area contributed by atoms with Crippen LogP contribution < -0.4 is 4.74 Å². The lowest BCUT2D eigenvalue weighted by Gasteiger charge is -2.34. The Morgan fingerprint density at radius 2 is 1.76 bits per heavy atom. The Balaban J connectivity index is 1.61. The van der Waals surface area contributed by atoms with Crippen LogP contribution in [0.4, 0.5) is 8.78 Å². The first-order chi connectivity index (χ1) is 15.7. The summed E-state index contributed by atoms with van der Waals surface area (Å²) in [6, 6.07) is 5.90. The number of nitrogens with one attached hydrogen (secondary N) is 1. The number of benzene rings is 1. The molecule has 33 heavy (non-hydrogen) atoms. The Morgan fingerprint density at radius 1 is 1.09 bits per heavy atom. The average molecular weight is 463 g/mol. The first kappa shape index (κ1) is 24.4. The first-order valence-corrected chi connectivity index (χ1v) is 10.7. The molecular weight excluding hydrogens is 436 g/mol. The number of amides is 1. The van der Waals surface area contributed by atoms with Crippen LogP contribution in [-0.2, 0) is 4.74 Å². The van der Waals surface area contributed by atoms with Crippen LogP contribution in [0.5, 0.6) is 5.75 Å². The number of alkyl halides is 2. The van der Waals surface area contributed by atoms with E-state index in [-0.39, 0.29) is 30.2 Å². The molecule has 0 bridgehead atoms. The number of esters is 1. The van der Waals surface area contributed by atoms with Crippen molar-refractivity contribution in [3.05, 3.63) is 52.3 Å². The van der Waals surface area contributed by atoms with Crippen molar-refractivity contribution in [1.29, 1.82) is 0 Å². The number of piperazine rings is 1. The van der Waals surface area contributed by atoms with Gasteiger partial charge in [0, 0.05) is 31.9 Å². The fourth-order valence-electron chi connectivity index (χ4n) is 3.94. The molecule has 1 fully saturated rings. The van der Waals surface area contributed by atoms with Gasteiger partial charge in [-0.15, -0.1) is 0 Å². The summed E-state index contributed by atoms with van der Waals surface area (Å²) in [7, 11) is 0. The van der Waals surface area contributed by atoms with E-state index in [1.807, 2.05) is 4.90 Å². The number of rotatable bonds is 8. The fourth-order valence-corrected chi connectivity index (χ4v) is 3.94. The average Bonchev–Trinajstić information content (AvgIpc) is 3.08. The van der Waals surface area contributed by atoms with E-state index >= 15 is 0 Å². The van der Waals surface area contributed by atoms with Gasteiger partial charge in [-0.3, -0.25) is 14.5 Å². The van der Waals surface area contributed by atoms with Crippen LogP contribution in [0, 0.1) is 13.8 Å². The molecule has 0 unspecified atom stereocenters. The number of hydrogen-bond acceptors (Lipinski definition) is 6. The molecule has 8 nitrogen and oxygen atoms in total. The number of ketones is 1. The Hall–Kier alpha value is -3.27. The lowest BCUT2D eigenvalue weighted by molar-refractivity contribution is -0.0503. The van der Waals surface area contributed by atoms with Crippen molar-refractivity contribution in [2.45, 2.75) is 27.4 Å². The van der Waals surface area contributed by atoms with Gasteiger partial charge in [0.25, 0.3) is 5.91 Å². The number of H-pyrrole nitrogens is 1. The summed E-state index contributed by atoms with van der Waals surface area (Å²) in [5, 5.41) is 0. The largest absolute Gasteiger partial charge is 0.462 e. The molecule has 1 N–H and O–H groups in total. The van der Waals surface area contributed by atoms with Crippen molar-refractivity contribution in [3.63, 3.8) is 0 Å². The van der Waals surface area contributed by atoms with Gasteiger partial charge in [-0.05, 0) is 38.5 Å². The number of Topliss-reactive ketones (excluding diaryl/α,β-unsaturated/α-hetero) is 1. The number of hydrogen-bond donors (Lipinski definition) is 1. The number of nitrogens with zero attached hydrogens (tertiary/aromatic N) is 2. The predicted molar refractivity (Wildman–Crippen MR) is 116 cm³/mol. The minimum atomic E-state index is -3.02. The highest BCUT2D eigenvalue weighted by Crippen LogP contribution is 2.23. The molecule has 1 aliphatic heterocycles. The summed E-state index contributed by atoms with van der Waals surface area (Å²) in [5.74, 6) is -1.19. The monoisotopic (exact) mass is 463 g/mol. The lowest BCUT2D eigenvalue weighted by atomic mass is 10.1. The zero-order chi connectivity index (χ0) is 24.1. The zero-order valence-electron chi connectivity index (χ0n) is 18.8. The smallest absolute Gasteiger partial charge is 0.387 e. The summed E-state index contributed by atoms with van der Waals surface area (Å²) < 4.78 is 34.8. The number of ether oxygens (including phenoxy) is 2. The van der Waals surface area contributed by atoms with Crippen molar-refractivity contribution in [2.24, 2.45) is 0 Å². The van der Waals surface area contributed by atoms with Crippen LogP contribution in [-0.4, -0.2) is 78.4 Å². The third-order valence-corrected chi connectivity index (χ3v) is 5.56. The Kier molecular flexibility index (Phi) is 7.80. The molecule has 1 aliphatic rings. The maximum Gasteiger partial charge on any atom is 0.387 e. The van der Waals surface area contributed by atoms with Gasteiger partial charge in [0.05, 0.1) is 30.0 Å². The van der Waals surface area contributed by atoms with E-state index in [0.29, 0.717) is 48.7 Å². The van der Waals surface area contributed by atoms with Crippen molar-refractivity contribution < 1.29 is 32.6 Å². The van der Waals surface area contributed by atoms with Gasteiger partial charge < -0.3 is 19.4 Å². The summed E-state index contributed by atoms with van der Waals surface area (Å²) in [6.07, 6.45) is 0. The van der Waals surface area contributed by atoms with Crippen molar-refractivity contribution in [1.82, 2.24) is 14.8 Å². The van der Waals surface area contributed by atoms with Crippen LogP contribution in [0.3, 0.4) is 0 Å². The van der Waals surface area contributed by atoms with E-state index in [1.165, 1.54) is 18.2 Å². The predicted octanol–water partition coefficient (Wildman–Crippen LogP) is 3.05. The molecule has 0 saturated carbocycles. The van der Waals surface area contributed by atoms with Crippen LogP contribution in [0.15, 0.2) is 24.3 Å². The number of aromatic nitrogens is 1. The SMILES string of the molecule is CCOC(=O)c1c(C)[nH]c(C(=O)CN2CCN(C(=O)c3ccccc3OC(F)F)CC2)c1C. The molecular formula is C23H27F2N3O5. The highest BCUT2D eigenvalue weighted by Gasteiger charge is 2.28. The van der Waals surface area contributed by atoms with Crippen LogP contribution in [0.2, 0.25) is 0 Å². The van der Waals surface area contributed by atoms with Crippen LogP contribution in [0.25, 0.3) is 0 Å². The van der Waals surface area contributed by atoms with E-state index in [1.54, 1.807) is 31.7 Å².